The fraction of sp³-hybridized carbons (Fsp3) is 0.857. The highest BCUT2D eigenvalue weighted by Gasteiger charge is 2.31. The average molecular weight is 328 g/mol. The second kappa shape index (κ2) is 6.25. The first-order valence-corrected chi connectivity index (χ1v) is 9.96. The smallest absolute Gasteiger partial charge is 0.243 e. The number of aromatic nitrogens is 2. The molecular weight excluding hydrogens is 304 g/mol. The third-order valence-corrected chi connectivity index (χ3v) is 5.41. The number of sulfone groups is 1. The molecule has 1 saturated heterocycles. The molecule has 0 bridgehead atoms. The van der Waals surface area contributed by atoms with Gasteiger partial charge in [-0.3, -0.25) is 9.80 Å². The molecule has 1 saturated carbocycles. The molecule has 0 N–H and O–H groups in total. The van der Waals surface area contributed by atoms with E-state index in [2.05, 4.69) is 26.9 Å². The first-order valence-electron chi connectivity index (χ1n) is 7.90. The Balaban J connectivity index is 1.49. The minimum atomic E-state index is -2.88. The lowest BCUT2D eigenvalue weighted by molar-refractivity contribution is 0.0917. The fourth-order valence-corrected chi connectivity index (χ4v) is 3.34. The summed E-state index contributed by atoms with van der Waals surface area (Å²) in [5.41, 5.74) is 0. The molecule has 8 heteroatoms. The van der Waals surface area contributed by atoms with Gasteiger partial charge in [-0.25, -0.2) is 8.42 Å². The highest BCUT2D eigenvalue weighted by Crippen LogP contribution is 2.38. The maximum atomic E-state index is 11.2. The predicted octanol–water partition coefficient (Wildman–Crippen LogP) is 0.670. The van der Waals surface area contributed by atoms with Crippen LogP contribution in [0.25, 0.3) is 0 Å². The molecule has 0 aromatic carbocycles. The summed E-state index contributed by atoms with van der Waals surface area (Å²) in [6.07, 6.45) is 3.64. The van der Waals surface area contributed by atoms with Crippen LogP contribution in [-0.2, 0) is 9.84 Å². The predicted molar refractivity (Wildman–Crippen MR) is 82.4 cm³/mol. The summed E-state index contributed by atoms with van der Waals surface area (Å²) in [5.74, 6) is 2.30. The van der Waals surface area contributed by atoms with Gasteiger partial charge in [-0.1, -0.05) is 5.16 Å². The molecule has 124 valence electrons. The second-order valence-electron chi connectivity index (χ2n) is 6.45. The summed E-state index contributed by atoms with van der Waals surface area (Å²) in [5, 5.41) is 4.08. The van der Waals surface area contributed by atoms with E-state index in [1.54, 1.807) is 0 Å². The van der Waals surface area contributed by atoms with Crippen LogP contribution >= 0.6 is 0 Å². The van der Waals surface area contributed by atoms with E-state index >= 15 is 0 Å². The van der Waals surface area contributed by atoms with Gasteiger partial charge >= 0.3 is 0 Å². The molecule has 1 aromatic heterocycles. The van der Waals surface area contributed by atoms with E-state index in [4.69, 9.17) is 4.52 Å². The van der Waals surface area contributed by atoms with Crippen molar-refractivity contribution in [3.63, 3.8) is 0 Å². The first-order chi connectivity index (χ1) is 10.4. The van der Waals surface area contributed by atoms with Crippen molar-refractivity contribution in [3.05, 3.63) is 11.7 Å². The number of hydrogen-bond acceptors (Lipinski definition) is 7. The Kier molecular flexibility index (Phi) is 4.52. The first kappa shape index (κ1) is 15.9. The molecule has 1 aliphatic heterocycles. The van der Waals surface area contributed by atoms with Crippen LogP contribution in [0.3, 0.4) is 0 Å². The standard InChI is InChI=1S/C14H24N4O3S/c1-11(14-15-13(16-21-14)12-3-4-12)18-7-5-17(6-8-18)9-10-22(2,19)20/h11-12H,3-10H2,1-2H3/t11-/m0/s1. The third-order valence-electron chi connectivity index (χ3n) is 4.49. The van der Waals surface area contributed by atoms with E-state index < -0.39 is 9.84 Å². The van der Waals surface area contributed by atoms with Crippen molar-refractivity contribution in [1.29, 1.82) is 0 Å². The molecule has 0 amide bonds. The van der Waals surface area contributed by atoms with Crippen molar-refractivity contribution >= 4 is 9.84 Å². The van der Waals surface area contributed by atoms with Gasteiger partial charge in [0, 0.05) is 44.9 Å². The van der Waals surface area contributed by atoms with Gasteiger partial charge in [0.15, 0.2) is 5.82 Å². The van der Waals surface area contributed by atoms with Crippen LogP contribution < -0.4 is 0 Å². The second-order valence-corrected chi connectivity index (χ2v) is 8.71. The van der Waals surface area contributed by atoms with E-state index in [9.17, 15) is 8.42 Å². The van der Waals surface area contributed by atoms with Gasteiger partial charge in [-0.05, 0) is 19.8 Å². The molecule has 2 aliphatic rings. The normalized spacial score (nSPS) is 22.8. The lowest BCUT2D eigenvalue weighted by Gasteiger charge is -2.36. The van der Waals surface area contributed by atoms with Gasteiger partial charge in [0.25, 0.3) is 0 Å². The zero-order chi connectivity index (χ0) is 15.7. The van der Waals surface area contributed by atoms with Gasteiger partial charge in [-0.15, -0.1) is 0 Å². The molecule has 0 spiro atoms. The topological polar surface area (TPSA) is 79.5 Å². The van der Waals surface area contributed by atoms with Crippen molar-refractivity contribution in [2.24, 2.45) is 0 Å². The lowest BCUT2D eigenvalue weighted by Crippen LogP contribution is -2.48. The third kappa shape index (κ3) is 4.05. The maximum Gasteiger partial charge on any atom is 0.243 e. The van der Waals surface area contributed by atoms with Crippen molar-refractivity contribution < 1.29 is 12.9 Å². The summed E-state index contributed by atoms with van der Waals surface area (Å²) < 4.78 is 27.9. The molecular formula is C14H24N4O3S. The van der Waals surface area contributed by atoms with Gasteiger partial charge < -0.3 is 4.52 Å². The minimum absolute atomic E-state index is 0.122. The highest BCUT2D eigenvalue weighted by atomic mass is 32.2. The van der Waals surface area contributed by atoms with E-state index in [1.165, 1.54) is 19.1 Å². The van der Waals surface area contributed by atoms with E-state index in [0.717, 1.165) is 32.0 Å². The minimum Gasteiger partial charge on any atom is -0.338 e. The molecule has 1 aliphatic carbocycles. The molecule has 2 heterocycles. The van der Waals surface area contributed by atoms with Crippen molar-refractivity contribution in [2.45, 2.75) is 31.7 Å². The van der Waals surface area contributed by atoms with Crippen molar-refractivity contribution in [2.75, 3.05) is 44.7 Å². The van der Waals surface area contributed by atoms with E-state index in [0.29, 0.717) is 18.4 Å². The summed E-state index contributed by atoms with van der Waals surface area (Å²) in [4.78, 5) is 9.05. The van der Waals surface area contributed by atoms with Crippen LogP contribution in [0.1, 0.15) is 43.4 Å². The van der Waals surface area contributed by atoms with E-state index in [-0.39, 0.29) is 11.8 Å². The SMILES string of the molecule is C[C@@H](c1nc(C2CC2)no1)N1CCN(CCS(C)(=O)=O)CC1. The summed E-state index contributed by atoms with van der Waals surface area (Å²) in [7, 11) is -2.88. The number of nitrogens with zero attached hydrogens (tertiary/aromatic N) is 4. The number of hydrogen-bond donors (Lipinski definition) is 0. The van der Waals surface area contributed by atoms with Crippen LogP contribution in [0.4, 0.5) is 0 Å². The summed E-state index contributed by atoms with van der Waals surface area (Å²) in [6, 6.07) is 0.122. The Morgan fingerprint density at radius 2 is 1.95 bits per heavy atom. The lowest BCUT2D eigenvalue weighted by atomic mass is 10.2. The number of piperazine rings is 1. The maximum absolute atomic E-state index is 11.2. The molecule has 3 rings (SSSR count). The van der Waals surface area contributed by atoms with Gasteiger partial charge in [0.2, 0.25) is 5.89 Å². The molecule has 0 unspecified atom stereocenters. The van der Waals surface area contributed by atoms with Crippen LogP contribution in [0.5, 0.6) is 0 Å². The van der Waals surface area contributed by atoms with Crippen LogP contribution in [0.2, 0.25) is 0 Å². The Hall–Kier alpha value is -0.990. The monoisotopic (exact) mass is 328 g/mol. The molecule has 7 nitrogen and oxygen atoms in total. The molecule has 22 heavy (non-hydrogen) atoms. The Morgan fingerprint density at radius 1 is 1.27 bits per heavy atom. The summed E-state index contributed by atoms with van der Waals surface area (Å²) >= 11 is 0. The molecule has 1 atom stereocenters. The average Bonchev–Trinajstić information content (AvgIpc) is 3.22. The molecule has 0 radical (unpaired) electrons. The zero-order valence-electron chi connectivity index (χ0n) is 13.2. The molecule has 1 aromatic rings. The van der Waals surface area contributed by atoms with Crippen LogP contribution in [-0.4, -0.2) is 73.1 Å². The number of rotatable bonds is 6. The molecule has 2 fully saturated rings. The van der Waals surface area contributed by atoms with Gasteiger partial charge in [-0.2, -0.15) is 4.98 Å². The Labute approximate surface area is 131 Å². The highest BCUT2D eigenvalue weighted by molar-refractivity contribution is 7.90. The van der Waals surface area contributed by atoms with Crippen molar-refractivity contribution in [1.82, 2.24) is 19.9 Å². The Bertz CT molecular complexity index is 603. The van der Waals surface area contributed by atoms with Crippen LogP contribution in [0, 0.1) is 0 Å². The Morgan fingerprint density at radius 3 is 2.55 bits per heavy atom. The largest absolute Gasteiger partial charge is 0.338 e. The quantitative estimate of drug-likeness (QED) is 0.759. The van der Waals surface area contributed by atoms with Gasteiger partial charge in [0.1, 0.15) is 9.84 Å². The van der Waals surface area contributed by atoms with Crippen molar-refractivity contribution in [3.8, 4) is 0 Å². The fourth-order valence-electron chi connectivity index (χ4n) is 2.75. The van der Waals surface area contributed by atoms with Gasteiger partial charge in [0.05, 0.1) is 11.8 Å². The summed E-state index contributed by atoms with van der Waals surface area (Å²) in [6.45, 7) is 6.26. The van der Waals surface area contributed by atoms with Crippen LogP contribution in [0.15, 0.2) is 4.52 Å². The zero-order valence-corrected chi connectivity index (χ0v) is 14.0. The van der Waals surface area contributed by atoms with E-state index in [1.807, 2.05) is 0 Å².